The Bertz CT molecular complexity index is 306. The molecule has 0 fully saturated rings. The van der Waals surface area contributed by atoms with E-state index in [1.165, 1.54) is 0 Å². The molecule has 0 saturated heterocycles. The zero-order valence-electron chi connectivity index (χ0n) is 6.31. The lowest BCUT2D eigenvalue weighted by atomic mass is 10.3. The van der Waals surface area contributed by atoms with Crippen molar-refractivity contribution in [1.82, 2.24) is 4.98 Å². The molecular formula is C7H7BrN4. The van der Waals surface area contributed by atoms with Gasteiger partial charge in [-0.05, 0) is 40.0 Å². The van der Waals surface area contributed by atoms with E-state index in [0.717, 1.165) is 10.2 Å². The van der Waals surface area contributed by atoms with Gasteiger partial charge in [-0.25, -0.2) is 0 Å². The first-order valence-corrected chi connectivity index (χ1v) is 4.24. The first kappa shape index (κ1) is 9.03. The van der Waals surface area contributed by atoms with Gasteiger partial charge in [-0.1, -0.05) is 5.11 Å². The Kier molecular flexibility index (Phi) is 3.57. The summed E-state index contributed by atoms with van der Waals surface area (Å²) in [4.78, 5) is 6.78. The van der Waals surface area contributed by atoms with Gasteiger partial charge < -0.3 is 0 Å². The van der Waals surface area contributed by atoms with Crippen LogP contribution in [-0.4, -0.2) is 11.5 Å². The van der Waals surface area contributed by atoms with Crippen LogP contribution in [0.3, 0.4) is 0 Å². The molecule has 1 aromatic heterocycles. The Morgan fingerprint density at radius 2 is 2.50 bits per heavy atom. The van der Waals surface area contributed by atoms with Crippen LogP contribution in [0, 0.1) is 0 Å². The van der Waals surface area contributed by atoms with Gasteiger partial charge in [-0.15, -0.1) is 0 Å². The van der Waals surface area contributed by atoms with Crippen molar-refractivity contribution in [1.29, 1.82) is 0 Å². The van der Waals surface area contributed by atoms with Gasteiger partial charge in [0, 0.05) is 22.1 Å². The summed E-state index contributed by atoms with van der Waals surface area (Å²) >= 11 is 3.35. The standard InChI is InChI=1S/C7H7BrN4/c8-6-2-1-4-10-7(6)3-5-11-12-9/h1-2,4H,3,5H2. The first-order chi connectivity index (χ1) is 5.84. The maximum Gasteiger partial charge on any atom is 0.0546 e. The van der Waals surface area contributed by atoms with E-state index in [-0.39, 0.29) is 0 Å². The SMILES string of the molecule is [N-]=[N+]=NCCc1ncccc1Br. The number of pyridine rings is 1. The van der Waals surface area contributed by atoms with Gasteiger partial charge in [0.25, 0.3) is 0 Å². The first-order valence-electron chi connectivity index (χ1n) is 3.45. The number of halogens is 1. The molecule has 4 nitrogen and oxygen atoms in total. The van der Waals surface area contributed by atoms with Crippen molar-refractivity contribution in [3.63, 3.8) is 0 Å². The van der Waals surface area contributed by atoms with Crippen LogP contribution in [0.1, 0.15) is 5.69 Å². The van der Waals surface area contributed by atoms with Crippen LogP contribution >= 0.6 is 15.9 Å². The van der Waals surface area contributed by atoms with Gasteiger partial charge in [-0.3, -0.25) is 4.98 Å². The van der Waals surface area contributed by atoms with Crippen molar-refractivity contribution < 1.29 is 0 Å². The second-order valence-corrected chi connectivity index (χ2v) is 2.99. The zero-order chi connectivity index (χ0) is 8.81. The summed E-state index contributed by atoms with van der Waals surface area (Å²) in [6.07, 6.45) is 2.39. The lowest BCUT2D eigenvalue weighted by Crippen LogP contribution is -1.93. The fourth-order valence-corrected chi connectivity index (χ4v) is 1.26. The minimum Gasteiger partial charge on any atom is -0.260 e. The third-order valence-corrected chi connectivity index (χ3v) is 2.07. The van der Waals surface area contributed by atoms with E-state index in [1.807, 2.05) is 12.1 Å². The number of aromatic nitrogens is 1. The number of hydrogen-bond donors (Lipinski definition) is 0. The molecule has 0 bridgehead atoms. The van der Waals surface area contributed by atoms with E-state index >= 15 is 0 Å². The van der Waals surface area contributed by atoms with Crippen molar-refractivity contribution in [2.24, 2.45) is 5.11 Å². The molecule has 0 unspecified atom stereocenters. The lowest BCUT2D eigenvalue weighted by molar-refractivity contribution is 0.907. The molecule has 1 heterocycles. The molecule has 0 aliphatic carbocycles. The van der Waals surface area contributed by atoms with Gasteiger partial charge in [0.2, 0.25) is 0 Å². The molecule has 0 aliphatic rings. The zero-order valence-corrected chi connectivity index (χ0v) is 7.90. The van der Waals surface area contributed by atoms with E-state index in [4.69, 9.17) is 5.53 Å². The monoisotopic (exact) mass is 226 g/mol. The van der Waals surface area contributed by atoms with Crippen molar-refractivity contribution in [2.75, 3.05) is 6.54 Å². The average Bonchev–Trinajstić information content (AvgIpc) is 2.09. The molecule has 0 saturated carbocycles. The molecular weight excluding hydrogens is 220 g/mol. The Labute approximate surface area is 78.4 Å². The molecule has 1 rings (SSSR count). The second-order valence-electron chi connectivity index (χ2n) is 2.14. The quantitative estimate of drug-likeness (QED) is 0.444. The minimum absolute atomic E-state index is 0.451. The molecule has 0 aromatic carbocycles. The van der Waals surface area contributed by atoms with E-state index in [0.29, 0.717) is 13.0 Å². The van der Waals surface area contributed by atoms with Crippen LogP contribution < -0.4 is 0 Å². The van der Waals surface area contributed by atoms with Crippen molar-refractivity contribution in [2.45, 2.75) is 6.42 Å². The predicted molar refractivity (Wildman–Crippen MR) is 49.7 cm³/mol. The highest BCUT2D eigenvalue weighted by Crippen LogP contribution is 2.13. The Balaban J connectivity index is 2.62. The van der Waals surface area contributed by atoms with Crippen molar-refractivity contribution >= 4 is 15.9 Å². The third-order valence-electron chi connectivity index (χ3n) is 1.35. The minimum atomic E-state index is 0.451. The molecule has 5 heteroatoms. The molecule has 0 atom stereocenters. The molecule has 0 radical (unpaired) electrons. The van der Waals surface area contributed by atoms with Gasteiger partial charge >= 0.3 is 0 Å². The van der Waals surface area contributed by atoms with E-state index in [1.54, 1.807) is 6.20 Å². The molecule has 62 valence electrons. The summed E-state index contributed by atoms with van der Waals surface area (Å²) in [6, 6.07) is 3.76. The fourth-order valence-electron chi connectivity index (χ4n) is 0.803. The molecule has 0 aliphatic heterocycles. The summed E-state index contributed by atoms with van der Waals surface area (Å²) < 4.78 is 0.957. The van der Waals surface area contributed by atoms with Crippen molar-refractivity contribution in [3.05, 3.63) is 38.9 Å². The fraction of sp³-hybridized carbons (Fsp3) is 0.286. The summed E-state index contributed by atoms with van der Waals surface area (Å²) in [5, 5.41) is 3.43. The Hall–Kier alpha value is -1.06. The van der Waals surface area contributed by atoms with Crippen LogP contribution in [0.15, 0.2) is 27.9 Å². The highest BCUT2D eigenvalue weighted by Gasteiger charge is 1.97. The predicted octanol–water partition coefficient (Wildman–Crippen LogP) is 2.70. The second kappa shape index (κ2) is 4.74. The van der Waals surface area contributed by atoms with E-state index in [9.17, 15) is 0 Å². The number of azide groups is 1. The Morgan fingerprint density at radius 1 is 1.67 bits per heavy atom. The largest absolute Gasteiger partial charge is 0.260 e. The van der Waals surface area contributed by atoms with Crippen LogP contribution in [0.5, 0.6) is 0 Å². The molecule has 0 spiro atoms. The van der Waals surface area contributed by atoms with Gasteiger partial charge in [0.1, 0.15) is 0 Å². The summed E-state index contributed by atoms with van der Waals surface area (Å²) in [6.45, 7) is 0.451. The van der Waals surface area contributed by atoms with Crippen molar-refractivity contribution in [3.8, 4) is 0 Å². The van der Waals surface area contributed by atoms with Crippen LogP contribution in [-0.2, 0) is 6.42 Å². The van der Waals surface area contributed by atoms with Crippen LogP contribution in [0.2, 0.25) is 0 Å². The van der Waals surface area contributed by atoms with Crippen LogP contribution in [0.4, 0.5) is 0 Å². The smallest absolute Gasteiger partial charge is 0.0546 e. The Morgan fingerprint density at radius 3 is 3.17 bits per heavy atom. The molecule has 12 heavy (non-hydrogen) atoms. The van der Waals surface area contributed by atoms with Crippen LogP contribution in [0.25, 0.3) is 10.4 Å². The molecule has 0 N–H and O–H groups in total. The highest BCUT2D eigenvalue weighted by molar-refractivity contribution is 9.10. The average molecular weight is 227 g/mol. The molecule has 0 amide bonds. The maximum absolute atomic E-state index is 8.04. The normalized spacial score (nSPS) is 9.08. The topological polar surface area (TPSA) is 61.7 Å². The third kappa shape index (κ3) is 2.53. The number of hydrogen-bond acceptors (Lipinski definition) is 2. The summed E-state index contributed by atoms with van der Waals surface area (Å²) in [5.41, 5.74) is 8.96. The number of rotatable bonds is 3. The van der Waals surface area contributed by atoms with E-state index < -0.39 is 0 Å². The lowest BCUT2D eigenvalue weighted by Gasteiger charge is -1.98. The maximum atomic E-state index is 8.04. The molecule has 1 aromatic rings. The number of nitrogens with zero attached hydrogens (tertiary/aromatic N) is 4. The van der Waals surface area contributed by atoms with Gasteiger partial charge in [0.15, 0.2) is 0 Å². The van der Waals surface area contributed by atoms with Gasteiger partial charge in [-0.2, -0.15) is 0 Å². The highest BCUT2D eigenvalue weighted by atomic mass is 79.9. The summed E-state index contributed by atoms with van der Waals surface area (Å²) in [7, 11) is 0. The van der Waals surface area contributed by atoms with Gasteiger partial charge in [0.05, 0.1) is 5.69 Å². The summed E-state index contributed by atoms with van der Waals surface area (Å²) in [5.74, 6) is 0. The van der Waals surface area contributed by atoms with E-state index in [2.05, 4.69) is 30.9 Å².